The Bertz CT molecular complexity index is 258. The molecule has 1 heterocycles. The Morgan fingerprint density at radius 2 is 1.05 bits per heavy atom. The summed E-state index contributed by atoms with van der Waals surface area (Å²) >= 11 is 2.18. The standard InChI is InChI=1S/C7H8GeN.3C3H9Si/c8-4-1-7-2-5-9-6-3-7;3*1-4(2)3/h2-3,5-6H,1,4H2;3*1-3H3. The molecule has 0 aromatic carbocycles. The van der Waals surface area contributed by atoms with E-state index >= 15 is 0 Å². The van der Waals surface area contributed by atoms with Crippen LogP contribution in [-0.2, 0) is 6.42 Å². The molecule has 0 fully saturated rings. The molecule has 0 spiro atoms. The number of hydrogen-bond acceptors (Lipinski definition) is 1. The molecule has 1 nitrogen and oxygen atoms in total. The molecule has 5 heteroatoms. The van der Waals surface area contributed by atoms with Crippen molar-refractivity contribution in [1.82, 2.24) is 4.98 Å². The molecule has 6 radical (unpaired) electrons. The maximum atomic E-state index is 3.93. The second-order valence-corrected chi connectivity index (χ2v) is 16.4. The number of aryl methyl sites for hydroxylation is 1. The summed E-state index contributed by atoms with van der Waals surface area (Å²) in [7, 11) is 0.361. The van der Waals surface area contributed by atoms with Gasteiger partial charge in [0.15, 0.2) is 0 Å². The number of nitrogens with zero attached hydrogens (tertiary/aromatic N) is 1. The monoisotopic (exact) mass is 399 g/mol. The summed E-state index contributed by atoms with van der Waals surface area (Å²) in [4.78, 5) is 3.93. The average molecular weight is 398 g/mol. The van der Waals surface area contributed by atoms with Crippen molar-refractivity contribution in [3.05, 3.63) is 30.1 Å². The fraction of sp³-hybridized carbons (Fsp3) is 0.688. The van der Waals surface area contributed by atoms with E-state index in [-0.39, 0.29) is 26.4 Å². The third kappa shape index (κ3) is 53.2. The summed E-state index contributed by atoms with van der Waals surface area (Å²) < 4.78 is 0. The van der Waals surface area contributed by atoms with Crippen LogP contribution in [0.1, 0.15) is 5.56 Å². The molecule has 0 N–H and O–H groups in total. The van der Waals surface area contributed by atoms with Gasteiger partial charge in [0.05, 0.1) is 0 Å². The van der Waals surface area contributed by atoms with Gasteiger partial charge in [-0.25, -0.2) is 0 Å². The zero-order chi connectivity index (χ0) is 17.3. The van der Waals surface area contributed by atoms with Crippen LogP contribution in [0.4, 0.5) is 0 Å². The van der Waals surface area contributed by atoms with E-state index in [0.29, 0.717) is 0 Å². The first-order chi connectivity index (χ1) is 9.63. The first-order valence-electron chi connectivity index (χ1n) is 7.47. The van der Waals surface area contributed by atoms with Crippen LogP contribution in [0.15, 0.2) is 24.5 Å². The Morgan fingerprint density at radius 3 is 1.29 bits per heavy atom. The van der Waals surface area contributed by atoms with Gasteiger partial charge < -0.3 is 0 Å². The van der Waals surface area contributed by atoms with Gasteiger partial charge in [-0.2, -0.15) is 0 Å². The SMILES string of the molecule is C[Si](C)C.C[Si](C)C.C[Si](C)C.[Ge][CH2]Cc1ccncc1. The average Bonchev–Trinajstić information content (AvgIpc) is 2.28. The Labute approximate surface area is 148 Å². The van der Waals surface area contributed by atoms with Crippen LogP contribution in [0, 0.1) is 0 Å². The van der Waals surface area contributed by atoms with E-state index in [1.807, 2.05) is 12.4 Å². The minimum atomic E-state index is 0.120. The van der Waals surface area contributed by atoms with E-state index in [1.165, 1.54) is 17.2 Å². The molecule has 0 aliphatic carbocycles. The third-order valence-corrected chi connectivity index (χ3v) is 1.69. The molecule has 0 saturated heterocycles. The molecule has 0 atom stereocenters. The van der Waals surface area contributed by atoms with Crippen molar-refractivity contribution in [2.45, 2.75) is 70.6 Å². The van der Waals surface area contributed by atoms with Crippen LogP contribution in [-0.4, -0.2) is 47.9 Å². The van der Waals surface area contributed by atoms with Gasteiger partial charge in [0.2, 0.25) is 0 Å². The van der Waals surface area contributed by atoms with Crippen LogP contribution in [0.25, 0.3) is 0 Å². The number of hydrogen-bond donors (Lipinski definition) is 0. The van der Waals surface area contributed by atoms with Gasteiger partial charge in [0, 0.05) is 26.4 Å². The molecule has 0 saturated carbocycles. The van der Waals surface area contributed by atoms with Crippen molar-refractivity contribution in [2.24, 2.45) is 0 Å². The van der Waals surface area contributed by atoms with Gasteiger partial charge in [-0.3, -0.25) is 0 Å². The molecule has 1 aromatic heterocycles. The molecule has 1 aromatic rings. The molecule has 1 rings (SSSR count). The van der Waals surface area contributed by atoms with Gasteiger partial charge in [0.1, 0.15) is 0 Å². The minimum absolute atomic E-state index is 0.120. The van der Waals surface area contributed by atoms with Crippen molar-refractivity contribution < 1.29 is 0 Å². The molecular formula is C16H35GeNSi3. The van der Waals surface area contributed by atoms with E-state index in [2.05, 4.69) is 92.6 Å². The number of pyridine rings is 1. The van der Waals surface area contributed by atoms with Gasteiger partial charge in [-0.1, -0.05) is 58.9 Å². The molecule has 0 amide bonds. The van der Waals surface area contributed by atoms with Crippen molar-refractivity contribution in [3.63, 3.8) is 0 Å². The molecule has 0 aliphatic rings. The molecule has 21 heavy (non-hydrogen) atoms. The second kappa shape index (κ2) is 20.3. The summed E-state index contributed by atoms with van der Waals surface area (Å²) in [6, 6.07) is 4.12. The maximum absolute atomic E-state index is 3.93. The molecule has 0 aliphatic heterocycles. The summed E-state index contributed by atoms with van der Waals surface area (Å²) in [5.41, 5.74) is 1.38. The van der Waals surface area contributed by atoms with Gasteiger partial charge in [-0.15, -0.1) is 0 Å². The Morgan fingerprint density at radius 1 is 0.762 bits per heavy atom. The van der Waals surface area contributed by atoms with Gasteiger partial charge >= 0.3 is 63.3 Å². The van der Waals surface area contributed by atoms with Gasteiger partial charge in [0.25, 0.3) is 0 Å². The quantitative estimate of drug-likeness (QED) is 0.615. The predicted molar refractivity (Wildman–Crippen MR) is 109 cm³/mol. The van der Waals surface area contributed by atoms with Crippen LogP contribution in [0.3, 0.4) is 0 Å². The van der Waals surface area contributed by atoms with Crippen LogP contribution in [0.2, 0.25) is 64.2 Å². The fourth-order valence-electron chi connectivity index (χ4n) is 0.694. The molecule has 0 bridgehead atoms. The summed E-state index contributed by atoms with van der Waals surface area (Å²) in [5, 5.41) is 1.21. The van der Waals surface area contributed by atoms with E-state index in [4.69, 9.17) is 0 Å². The van der Waals surface area contributed by atoms with E-state index < -0.39 is 0 Å². The normalized spacial score (nSPS) is 9.19. The van der Waals surface area contributed by atoms with Crippen LogP contribution in [0.5, 0.6) is 0 Å². The predicted octanol–water partition coefficient (Wildman–Crippen LogP) is 5.32. The zero-order valence-electron chi connectivity index (χ0n) is 15.7. The Kier molecular flexibility index (Phi) is 25.4. The van der Waals surface area contributed by atoms with E-state index in [0.717, 1.165) is 0 Å². The van der Waals surface area contributed by atoms with Crippen LogP contribution < -0.4 is 0 Å². The van der Waals surface area contributed by atoms with E-state index in [1.54, 1.807) is 0 Å². The first-order valence-corrected chi connectivity index (χ1v) is 18.0. The molecule has 120 valence electrons. The Hall–Kier alpha value is 0.344. The zero-order valence-corrected chi connectivity index (χ0v) is 20.8. The molecule has 0 unspecified atom stereocenters. The summed E-state index contributed by atoms with van der Waals surface area (Å²) in [6.07, 6.45) is 4.85. The van der Waals surface area contributed by atoms with Crippen molar-refractivity contribution >= 4 is 42.9 Å². The van der Waals surface area contributed by atoms with Crippen LogP contribution >= 0.6 is 0 Å². The number of aromatic nitrogens is 1. The fourth-order valence-corrected chi connectivity index (χ4v) is 1.30. The van der Waals surface area contributed by atoms with Crippen molar-refractivity contribution in [3.8, 4) is 0 Å². The number of rotatable bonds is 2. The van der Waals surface area contributed by atoms with Crippen molar-refractivity contribution in [2.75, 3.05) is 0 Å². The van der Waals surface area contributed by atoms with E-state index in [9.17, 15) is 0 Å². The van der Waals surface area contributed by atoms with Gasteiger partial charge in [-0.05, 0) is 0 Å². The van der Waals surface area contributed by atoms with Crippen molar-refractivity contribution in [1.29, 1.82) is 0 Å². The second-order valence-electron chi connectivity index (χ2n) is 6.36. The third-order valence-electron chi connectivity index (χ3n) is 1.16. The molecular weight excluding hydrogens is 363 g/mol. The first kappa shape index (κ1) is 26.3. The topological polar surface area (TPSA) is 12.9 Å². The summed E-state index contributed by atoms with van der Waals surface area (Å²) in [5.74, 6) is 0. The Balaban J connectivity index is -0.000000230. The summed E-state index contributed by atoms with van der Waals surface area (Å²) in [6.45, 7) is 20.4.